The van der Waals surface area contributed by atoms with Gasteiger partial charge in [-0.2, -0.15) is 0 Å². The normalized spacial score (nSPS) is 13.4. The molecule has 6 heteroatoms. The van der Waals surface area contributed by atoms with Crippen molar-refractivity contribution in [1.82, 2.24) is 0 Å². The highest BCUT2D eigenvalue weighted by Crippen LogP contribution is 2.24. The Balaban J connectivity index is 0.00000220. The largest absolute Gasteiger partial charge is 0.391 e. The lowest BCUT2D eigenvalue weighted by Gasteiger charge is -2.20. The van der Waals surface area contributed by atoms with E-state index < -0.39 is 35.2 Å². The van der Waals surface area contributed by atoms with Crippen molar-refractivity contribution in [3.8, 4) is 0 Å². The number of rotatable bonds is 4. The minimum absolute atomic E-state index is 0. The second-order valence-corrected chi connectivity index (χ2v) is 4.57. The van der Waals surface area contributed by atoms with Gasteiger partial charge in [-0.3, -0.25) is 0 Å². The summed E-state index contributed by atoms with van der Waals surface area (Å²) >= 11 is 0. The molecule has 0 fully saturated rings. The van der Waals surface area contributed by atoms with Gasteiger partial charge < -0.3 is 10.8 Å². The first-order chi connectivity index (χ1) is 9.49. The van der Waals surface area contributed by atoms with Crippen LogP contribution in [0.4, 0.5) is 13.2 Å². The Kier molecular flexibility index (Phi) is 6.20. The Hall–Kier alpha value is -1.56. The van der Waals surface area contributed by atoms with Crippen LogP contribution in [0.1, 0.15) is 17.2 Å². The molecule has 2 nitrogen and oxygen atoms in total. The topological polar surface area (TPSA) is 46.2 Å². The van der Waals surface area contributed by atoms with E-state index in [1.807, 2.05) is 6.07 Å². The predicted molar refractivity (Wildman–Crippen MR) is 76.6 cm³/mol. The zero-order valence-corrected chi connectivity index (χ0v) is 11.8. The van der Waals surface area contributed by atoms with Crippen molar-refractivity contribution in [3.05, 3.63) is 71.0 Å². The van der Waals surface area contributed by atoms with E-state index >= 15 is 0 Å². The molecule has 0 spiro atoms. The van der Waals surface area contributed by atoms with E-state index in [1.165, 1.54) is 0 Å². The molecule has 0 bridgehead atoms. The van der Waals surface area contributed by atoms with Gasteiger partial charge in [0.2, 0.25) is 0 Å². The summed E-state index contributed by atoms with van der Waals surface area (Å²) in [6, 6.07) is 8.76. The fourth-order valence-electron chi connectivity index (χ4n) is 2.05. The first-order valence-electron chi connectivity index (χ1n) is 6.11. The molecule has 0 amide bonds. The van der Waals surface area contributed by atoms with Gasteiger partial charge in [0, 0.05) is 24.1 Å². The standard InChI is InChI=1S/C15H14F3NO.ClH/c16-10-7-11(17)14(12(18)8-10)15(19)13(20)6-9-4-2-1-3-5-9;/h1-5,7-8,13,15,20H,6,19H2;1H/t13-,15-;/m0./s1. The van der Waals surface area contributed by atoms with E-state index in [9.17, 15) is 18.3 Å². The van der Waals surface area contributed by atoms with Crippen LogP contribution in [0.5, 0.6) is 0 Å². The molecular weight excluding hydrogens is 303 g/mol. The zero-order valence-electron chi connectivity index (χ0n) is 11.0. The quantitative estimate of drug-likeness (QED) is 0.910. The van der Waals surface area contributed by atoms with Crippen molar-refractivity contribution in [2.45, 2.75) is 18.6 Å². The van der Waals surface area contributed by atoms with Gasteiger partial charge in [-0.25, -0.2) is 13.2 Å². The lowest BCUT2D eigenvalue weighted by atomic mass is 9.96. The van der Waals surface area contributed by atoms with Gasteiger partial charge in [-0.1, -0.05) is 30.3 Å². The van der Waals surface area contributed by atoms with Crippen LogP contribution in [0.2, 0.25) is 0 Å². The van der Waals surface area contributed by atoms with Gasteiger partial charge >= 0.3 is 0 Å². The van der Waals surface area contributed by atoms with E-state index in [0.29, 0.717) is 12.1 Å². The lowest BCUT2D eigenvalue weighted by molar-refractivity contribution is 0.141. The molecule has 0 aliphatic carbocycles. The fraction of sp³-hybridized carbons (Fsp3) is 0.200. The van der Waals surface area contributed by atoms with E-state index in [1.54, 1.807) is 24.3 Å². The molecular formula is C15H15ClF3NO. The van der Waals surface area contributed by atoms with Gasteiger partial charge in [0.1, 0.15) is 17.5 Å². The first-order valence-corrected chi connectivity index (χ1v) is 6.11. The molecule has 0 saturated carbocycles. The van der Waals surface area contributed by atoms with Crippen molar-refractivity contribution in [2.75, 3.05) is 0 Å². The minimum atomic E-state index is -1.27. The first kappa shape index (κ1) is 17.5. The lowest BCUT2D eigenvalue weighted by Crippen LogP contribution is -2.30. The summed E-state index contributed by atoms with van der Waals surface area (Å²) in [5.41, 5.74) is 5.97. The Bertz CT molecular complexity index is 572. The second kappa shape index (κ2) is 7.45. The maximum absolute atomic E-state index is 13.6. The maximum Gasteiger partial charge on any atom is 0.133 e. The molecule has 2 atom stereocenters. The van der Waals surface area contributed by atoms with Crippen molar-refractivity contribution < 1.29 is 18.3 Å². The Labute approximate surface area is 126 Å². The van der Waals surface area contributed by atoms with Crippen LogP contribution in [0.25, 0.3) is 0 Å². The Morgan fingerprint density at radius 2 is 1.52 bits per heavy atom. The third kappa shape index (κ3) is 4.20. The summed E-state index contributed by atoms with van der Waals surface area (Å²) in [5.74, 6) is -3.21. The molecule has 0 heterocycles. The van der Waals surface area contributed by atoms with E-state index in [2.05, 4.69) is 0 Å². The van der Waals surface area contributed by atoms with Gasteiger partial charge in [0.15, 0.2) is 0 Å². The molecule has 0 aliphatic heterocycles. The van der Waals surface area contributed by atoms with Gasteiger partial charge in [-0.15, -0.1) is 12.4 Å². The molecule has 2 aromatic rings. The second-order valence-electron chi connectivity index (χ2n) is 4.57. The molecule has 0 aromatic heterocycles. The third-order valence-corrected chi connectivity index (χ3v) is 3.08. The highest BCUT2D eigenvalue weighted by Gasteiger charge is 2.24. The molecule has 21 heavy (non-hydrogen) atoms. The van der Waals surface area contributed by atoms with Crippen molar-refractivity contribution in [2.24, 2.45) is 5.73 Å². The Morgan fingerprint density at radius 1 is 1.00 bits per heavy atom. The van der Waals surface area contributed by atoms with Crippen LogP contribution in [-0.2, 0) is 6.42 Å². The van der Waals surface area contributed by atoms with Crippen LogP contribution in [0, 0.1) is 17.5 Å². The third-order valence-electron chi connectivity index (χ3n) is 3.08. The summed E-state index contributed by atoms with van der Waals surface area (Å²) in [4.78, 5) is 0. The number of hydrogen-bond donors (Lipinski definition) is 2. The van der Waals surface area contributed by atoms with Gasteiger partial charge in [0.25, 0.3) is 0 Å². The molecule has 3 N–H and O–H groups in total. The molecule has 114 valence electrons. The SMILES string of the molecule is Cl.N[C@H](c1c(F)cc(F)cc1F)[C@@H](O)Cc1ccccc1. The highest BCUT2D eigenvalue weighted by atomic mass is 35.5. The van der Waals surface area contributed by atoms with Crippen LogP contribution in [-0.4, -0.2) is 11.2 Å². The Morgan fingerprint density at radius 3 is 2.05 bits per heavy atom. The molecule has 0 radical (unpaired) electrons. The van der Waals surface area contributed by atoms with E-state index in [0.717, 1.165) is 5.56 Å². The van der Waals surface area contributed by atoms with E-state index in [-0.39, 0.29) is 18.8 Å². The van der Waals surface area contributed by atoms with Gasteiger partial charge in [0.05, 0.1) is 12.1 Å². The summed E-state index contributed by atoms with van der Waals surface area (Å²) in [7, 11) is 0. The summed E-state index contributed by atoms with van der Waals surface area (Å²) in [6.45, 7) is 0. The number of benzene rings is 2. The smallest absolute Gasteiger partial charge is 0.133 e. The number of aliphatic hydroxyl groups excluding tert-OH is 1. The zero-order chi connectivity index (χ0) is 14.7. The predicted octanol–water partition coefficient (Wildman–Crippen LogP) is 3.13. The molecule has 0 unspecified atom stereocenters. The van der Waals surface area contributed by atoms with Crippen LogP contribution in [0.3, 0.4) is 0 Å². The monoisotopic (exact) mass is 317 g/mol. The number of nitrogens with two attached hydrogens (primary N) is 1. The average Bonchev–Trinajstić information content (AvgIpc) is 2.38. The molecule has 0 saturated heterocycles. The fourth-order valence-corrected chi connectivity index (χ4v) is 2.05. The van der Waals surface area contributed by atoms with Crippen molar-refractivity contribution in [3.63, 3.8) is 0 Å². The number of halogens is 4. The van der Waals surface area contributed by atoms with Crippen molar-refractivity contribution >= 4 is 12.4 Å². The maximum atomic E-state index is 13.6. The molecule has 0 aliphatic rings. The summed E-state index contributed by atoms with van der Waals surface area (Å²) in [5, 5.41) is 9.99. The number of aliphatic hydroxyl groups is 1. The van der Waals surface area contributed by atoms with Crippen LogP contribution >= 0.6 is 12.4 Å². The van der Waals surface area contributed by atoms with E-state index in [4.69, 9.17) is 5.73 Å². The van der Waals surface area contributed by atoms with Gasteiger partial charge in [-0.05, 0) is 5.56 Å². The average molecular weight is 318 g/mol. The van der Waals surface area contributed by atoms with Crippen LogP contribution in [0.15, 0.2) is 42.5 Å². The van der Waals surface area contributed by atoms with Crippen LogP contribution < -0.4 is 5.73 Å². The highest BCUT2D eigenvalue weighted by molar-refractivity contribution is 5.85. The summed E-state index contributed by atoms with van der Waals surface area (Å²) in [6.07, 6.45) is -1.02. The number of hydrogen-bond acceptors (Lipinski definition) is 2. The molecule has 2 rings (SSSR count). The van der Waals surface area contributed by atoms with Crippen molar-refractivity contribution in [1.29, 1.82) is 0 Å². The minimum Gasteiger partial charge on any atom is -0.391 e. The molecule has 2 aromatic carbocycles. The summed E-state index contributed by atoms with van der Waals surface area (Å²) < 4.78 is 40.0.